The van der Waals surface area contributed by atoms with E-state index in [1.165, 1.54) is 0 Å². The SMILES string of the molecule is N#CCCN(CCC#N)C(=O)Cc1cccc2ccccc12. The predicted molar refractivity (Wildman–Crippen MR) is 84.7 cm³/mol. The third-order valence-electron chi connectivity index (χ3n) is 3.56. The van der Waals surface area contributed by atoms with Gasteiger partial charge in [0.15, 0.2) is 0 Å². The first-order valence-electron chi connectivity index (χ1n) is 7.24. The van der Waals surface area contributed by atoms with E-state index in [1.54, 1.807) is 4.90 Å². The van der Waals surface area contributed by atoms with Crippen molar-refractivity contribution in [3.63, 3.8) is 0 Å². The second kappa shape index (κ2) is 7.81. The molecule has 0 atom stereocenters. The van der Waals surface area contributed by atoms with Crippen LogP contribution in [0.4, 0.5) is 0 Å². The van der Waals surface area contributed by atoms with Crippen LogP contribution in [-0.4, -0.2) is 23.9 Å². The van der Waals surface area contributed by atoms with Gasteiger partial charge >= 0.3 is 0 Å². The predicted octanol–water partition coefficient (Wildman–Crippen LogP) is 3.04. The van der Waals surface area contributed by atoms with Crippen molar-refractivity contribution >= 4 is 16.7 Å². The van der Waals surface area contributed by atoms with E-state index >= 15 is 0 Å². The zero-order valence-electron chi connectivity index (χ0n) is 12.3. The Labute approximate surface area is 130 Å². The maximum Gasteiger partial charge on any atom is 0.227 e. The first-order valence-corrected chi connectivity index (χ1v) is 7.24. The van der Waals surface area contributed by atoms with Crippen LogP contribution in [0.2, 0.25) is 0 Å². The Morgan fingerprint density at radius 2 is 1.59 bits per heavy atom. The number of carbonyl (C=O) groups excluding carboxylic acids is 1. The van der Waals surface area contributed by atoms with Crippen LogP contribution < -0.4 is 0 Å². The zero-order chi connectivity index (χ0) is 15.8. The summed E-state index contributed by atoms with van der Waals surface area (Å²) in [6, 6.07) is 18.0. The molecule has 4 heteroatoms. The molecule has 2 aromatic carbocycles. The standard InChI is InChI=1S/C18H17N3O/c19-10-4-12-21(13-5-11-20)18(22)14-16-8-3-7-15-6-1-2-9-17(15)16/h1-3,6-9H,4-5,12-14H2. The van der Waals surface area contributed by atoms with Gasteiger partial charge in [-0.1, -0.05) is 42.5 Å². The molecule has 0 bridgehead atoms. The zero-order valence-corrected chi connectivity index (χ0v) is 12.3. The molecule has 2 rings (SSSR count). The van der Waals surface area contributed by atoms with E-state index in [0.717, 1.165) is 16.3 Å². The molecule has 4 nitrogen and oxygen atoms in total. The molecule has 0 aliphatic carbocycles. The quantitative estimate of drug-likeness (QED) is 0.821. The molecule has 0 aliphatic rings. The Morgan fingerprint density at radius 1 is 0.955 bits per heavy atom. The van der Waals surface area contributed by atoms with Crippen LogP contribution in [0.1, 0.15) is 18.4 Å². The molecule has 0 saturated heterocycles. The van der Waals surface area contributed by atoms with Gasteiger partial charge in [-0.15, -0.1) is 0 Å². The lowest BCUT2D eigenvalue weighted by Crippen LogP contribution is -2.34. The summed E-state index contributed by atoms with van der Waals surface area (Å²) < 4.78 is 0. The van der Waals surface area contributed by atoms with Crippen molar-refractivity contribution in [1.29, 1.82) is 10.5 Å². The van der Waals surface area contributed by atoms with E-state index in [2.05, 4.69) is 0 Å². The second-order valence-corrected chi connectivity index (χ2v) is 5.01. The number of hydrogen-bond acceptors (Lipinski definition) is 3. The van der Waals surface area contributed by atoms with E-state index in [1.807, 2.05) is 54.6 Å². The fraction of sp³-hybridized carbons (Fsp3) is 0.278. The van der Waals surface area contributed by atoms with Crippen LogP contribution in [0.15, 0.2) is 42.5 Å². The van der Waals surface area contributed by atoms with Gasteiger partial charge in [0.25, 0.3) is 0 Å². The molecule has 110 valence electrons. The van der Waals surface area contributed by atoms with Gasteiger partial charge in [-0.2, -0.15) is 10.5 Å². The normalized spacial score (nSPS) is 9.91. The average molecular weight is 291 g/mol. The third-order valence-corrected chi connectivity index (χ3v) is 3.56. The number of rotatable bonds is 6. The van der Waals surface area contributed by atoms with Crippen molar-refractivity contribution < 1.29 is 4.79 Å². The Balaban J connectivity index is 2.17. The molecule has 22 heavy (non-hydrogen) atoms. The summed E-state index contributed by atoms with van der Waals surface area (Å²) >= 11 is 0. The lowest BCUT2D eigenvalue weighted by atomic mass is 10.0. The van der Waals surface area contributed by atoms with E-state index in [9.17, 15) is 4.79 Å². The summed E-state index contributed by atoms with van der Waals surface area (Å²) in [7, 11) is 0. The maximum absolute atomic E-state index is 12.5. The minimum Gasteiger partial charge on any atom is -0.340 e. The molecule has 0 heterocycles. The fourth-order valence-electron chi connectivity index (χ4n) is 2.45. The van der Waals surface area contributed by atoms with E-state index in [0.29, 0.717) is 13.1 Å². The van der Waals surface area contributed by atoms with Crippen molar-refractivity contribution in [1.82, 2.24) is 4.90 Å². The van der Waals surface area contributed by atoms with Gasteiger partial charge in [-0.05, 0) is 16.3 Å². The van der Waals surface area contributed by atoms with Crippen molar-refractivity contribution in [2.75, 3.05) is 13.1 Å². The van der Waals surface area contributed by atoms with Gasteiger partial charge in [0.05, 0.1) is 31.4 Å². The molecule has 1 amide bonds. The molecule has 0 spiro atoms. The molecule has 0 saturated carbocycles. The van der Waals surface area contributed by atoms with Crippen LogP contribution >= 0.6 is 0 Å². The summed E-state index contributed by atoms with van der Waals surface area (Å²) in [5, 5.41) is 19.6. The average Bonchev–Trinajstić information content (AvgIpc) is 2.55. The molecule has 0 unspecified atom stereocenters. The lowest BCUT2D eigenvalue weighted by molar-refractivity contribution is -0.130. The monoisotopic (exact) mass is 291 g/mol. The highest BCUT2D eigenvalue weighted by Crippen LogP contribution is 2.19. The summed E-state index contributed by atoms with van der Waals surface area (Å²) in [5.74, 6) is -0.0400. The topological polar surface area (TPSA) is 67.9 Å². The first kappa shape index (κ1) is 15.5. The molecular weight excluding hydrogens is 274 g/mol. The number of carbonyl (C=O) groups is 1. The molecule has 0 fully saturated rings. The third kappa shape index (κ3) is 3.84. The van der Waals surface area contributed by atoms with Crippen LogP contribution in [0.25, 0.3) is 10.8 Å². The number of nitriles is 2. The molecule has 2 aromatic rings. The van der Waals surface area contributed by atoms with Crippen molar-refractivity contribution in [2.45, 2.75) is 19.3 Å². The van der Waals surface area contributed by atoms with Gasteiger partial charge in [0, 0.05) is 13.1 Å². The summed E-state index contributed by atoms with van der Waals surface area (Å²) in [5.41, 5.74) is 0.974. The number of hydrogen-bond donors (Lipinski definition) is 0. The smallest absolute Gasteiger partial charge is 0.227 e. The van der Waals surface area contributed by atoms with Crippen LogP contribution in [-0.2, 0) is 11.2 Å². The van der Waals surface area contributed by atoms with Gasteiger partial charge in [-0.25, -0.2) is 0 Å². The van der Waals surface area contributed by atoms with Crippen LogP contribution in [0.5, 0.6) is 0 Å². The van der Waals surface area contributed by atoms with Crippen molar-refractivity contribution in [3.05, 3.63) is 48.0 Å². The highest BCUT2D eigenvalue weighted by atomic mass is 16.2. The molecule has 0 radical (unpaired) electrons. The Bertz CT molecular complexity index is 717. The van der Waals surface area contributed by atoms with E-state index < -0.39 is 0 Å². The lowest BCUT2D eigenvalue weighted by Gasteiger charge is -2.20. The summed E-state index contributed by atoms with van der Waals surface area (Å²) in [6.45, 7) is 0.754. The highest BCUT2D eigenvalue weighted by molar-refractivity contribution is 5.90. The van der Waals surface area contributed by atoms with Gasteiger partial charge in [0.2, 0.25) is 5.91 Å². The number of nitrogens with zero attached hydrogens (tertiary/aromatic N) is 3. The largest absolute Gasteiger partial charge is 0.340 e. The molecular formula is C18H17N3O. The van der Waals surface area contributed by atoms with Crippen LogP contribution in [0.3, 0.4) is 0 Å². The minimum absolute atomic E-state index is 0.0400. The maximum atomic E-state index is 12.5. The summed E-state index contributed by atoms with van der Waals surface area (Å²) in [6.07, 6.45) is 0.859. The van der Waals surface area contributed by atoms with Gasteiger partial charge < -0.3 is 4.90 Å². The first-order chi connectivity index (χ1) is 10.8. The second-order valence-electron chi connectivity index (χ2n) is 5.01. The van der Waals surface area contributed by atoms with Gasteiger partial charge in [0.1, 0.15) is 0 Å². The highest BCUT2D eigenvalue weighted by Gasteiger charge is 2.14. The van der Waals surface area contributed by atoms with Crippen molar-refractivity contribution in [2.24, 2.45) is 0 Å². The van der Waals surface area contributed by atoms with Crippen LogP contribution in [0, 0.1) is 22.7 Å². The number of benzene rings is 2. The fourth-order valence-corrected chi connectivity index (χ4v) is 2.45. The Morgan fingerprint density at radius 3 is 2.27 bits per heavy atom. The van der Waals surface area contributed by atoms with Crippen molar-refractivity contribution in [3.8, 4) is 12.1 Å². The Hall–Kier alpha value is -2.85. The molecule has 0 aromatic heterocycles. The van der Waals surface area contributed by atoms with Gasteiger partial charge in [-0.3, -0.25) is 4.79 Å². The molecule has 0 N–H and O–H groups in total. The number of amides is 1. The Kier molecular flexibility index (Phi) is 5.51. The van der Waals surface area contributed by atoms with E-state index in [4.69, 9.17) is 10.5 Å². The summed E-state index contributed by atoms with van der Waals surface area (Å²) in [4.78, 5) is 14.1. The van der Waals surface area contributed by atoms with E-state index in [-0.39, 0.29) is 25.2 Å². The number of fused-ring (bicyclic) bond motifs is 1. The molecule has 0 aliphatic heterocycles. The minimum atomic E-state index is -0.0400.